The predicted octanol–water partition coefficient (Wildman–Crippen LogP) is 2.88. The van der Waals surface area contributed by atoms with Crippen molar-refractivity contribution in [2.24, 2.45) is 0 Å². The standard InChI is InChI=1S/C14H20N2O3.ClH/c1-3-6-15-12-5-4-10-9-14(19-2)13(16(17)18)8-11(10)7-12;/h8-9,12,15H,3-7H2,1-2H3;1H/t12-;/m1./s1. The molecule has 0 unspecified atom stereocenters. The lowest BCUT2D eigenvalue weighted by molar-refractivity contribution is -0.385. The molecule has 0 aromatic heterocycles. The first-order valence-electron chi connectivity index (χ1n) is 6.73. The minimum absolute atomic E-state index is 0. The Morgan fingerprint density at radius 2 is 2.20 bits per heavy atom. The lowest BCUT2D eigenvalue weighted by Crippen LogP contribution is -2.35. The van der Waals surface area contributed by atoms with Gasteiger partial charge in [0.05, 0.1) is 12.0 Å². The van der Waals surface area contributed by atoms with Crippen molar-refractivity contribution >= 4 is 18.1 Å². The molecule has 5 nitrogen and oxygen atoms in total. The normalized spacial score (nSPS) is 17.0. The summed E-state index contributed by atoms with van der Waals surface area (Å²) >= 11 is 0. The second kappa shape index (κ2) is 7.45. The monoisotopic (exact) mass is 300 g/mol. The molecule has 1 aromatic rings. The summed E-state index contributed by atoms with van der Waals surface area (Å²) in [5.74, 6) is 0.365. The van der Waals surface area contributed by atoms with Gasteiger partial charge in [-0.05, 0) is 49.4 Å². The molecule has 1 aromatic carbocycles. The van der Waals surface area contributed by atoms with E-state index in [0.717, 1.165) is 37.8 Å². The first-order valence-corrected chi connectivity index (χ1v) is 6.73. The van der Waals surface area contributed by atoms with Crippen molar-refractivity contribution in [2.45, 2.75) is 38.6 Å². The average Bonchev–Trinajstić information content (AvgIpc) is 2.43. The Labute approximate surface area is 125 Å². The molecule has 2 rings (SSSR count). The molecule has 1 N–H and O–H groups in total. The van der Waals surface area contributed by atoms with Crippen LogP contribution in [-0.2, 0) is 12.8 Å². The van der Waals surface area contributed by atoms with Crippen molar-refractivity contribution in [1.29, 1.82) is 0 Å². The zero-order chi connectivity index (χ0) is 13.8. The third-order valence-corrected chi connectivity index (χ3v) is 3.61. The molecule has 1 aliphatic rings. The molecule has 0 radical (unpaired) electrons. The minimum atomic E-state index is -0.373. The molecule has 20 heavy (non-hydrogen) atoms. The number of ether oxygens (including phenoxy) is 1. The van der Waals surface area contributed by atoms with Gasteiger partial charge in [0.15, 0.2) is 5.75 Å². The topological polar surface area (TPSA) is 64.4 Å². The second-order valence-electron chi connectivity index (χ2n) is 4.94. The Morgan fingerprint density at radius 1 is 1.45 bits per heavy atom. The first kappa shape index (κ1) is 16.7. The number of methoxy groups -OCH3 is 1. The van der Waals surface area contributed by atoms with E-state index in [0.29, 0.717) is 11.8 Å². The highest BCUT2D eigenvalue weighted by Crippen LogP contribution is 2.33. The highest BCUT2D eigenvalue weighted by Gasteiger charge is 2.24. The van der Waals surface area contributed by atoms with Gasteiger partial charge >= 0.3 is 5.69 Å². The van der Waals surface area contributed by atoms with Gasteiger partial charge in [0, 0.05) is 12.1 Å². The van der Waals surface area contributed by atoms with Gasteiger partial charge in [-0.2, -0.15) is 0 Å². The predicted molar refractivity (Wildman–Crippen MR) is 81.0 cm³/mol. The molecule has 1 aliphatic carbocycles. The van der Waals surface area contributed by atoms with E-state index in [1.165, 1.54) is 12.7 Å². The van der Waals surface area contributed by atoms with Gasteiger partial charge in [-0.25, -0.2) is 0 Å². The average molecular weight is 301 g/mol. The molecule has 0 amide bonds. The van der Waals surface area contributed by atoms with Crippen molar-refractivity contribution in [3.63, 3.8) is 0 Å². The molecule has 0 fully saturated rings. The van der Waals surface area contributed by atoms with Crippen LogP contribution in [0, 0.1) is 10.1 Å². The van der Waals surface area contributed by atoms with Crippen LogP contribution in [0.3, 0.4) is 0 Å². The maximum atomic E-state index is 11.0. The molecule has 0 spiro atoms. The Hall–Kier alpha value is -1.33. The molecule has 0 bridgehead atoms. The molecule has 112 valence electrons. The highest BCUT2D eigenvalue weighted by molar-refractivity contribution is 5.85. The number of benzene rings is 1. The van der Waals surface area contributed by atoms with E-state index >= 15 is 0 Å². The highest BCUT2D eigenvalue weighted by atomic mass is 35.5. The van der Waals surface area contributed by atoms with Crippen molar-refractivity contribution in [3.05, 3.63) is 33.4 Å². The van der Waals surface area contributed by atoms with Crippen LogP contribution in [-0.4, -0.2) is 24.6 Å². The van der Waals surface area contributed by atoms with E-state index in [1.807, 2.05) is 6.07 Å². The summed E-state index contributed by atoms with van der Waals surface area (Å²) in [6.07, 6.45) is 3.99. The van der Waals surface area contributed by atoms with Crippen LogP contribution >= 0.6 is 12.4 Å². The van der Waals surface area contributed by atoms with Crippen LogP contribution in [0.5, 0.6) is 5.75 Å². The molecule has 0 saturated carbocycles. The van der Waals surface area contributed by atoms with Gasteiger partial charge in [-0.15, -0.1) is 12.4 Å². The molecule has 0 aliphatic heterocycles. The Kier molecular flexibility index (Phi) is 6.23. The van der Waals surface area contributed by atoms with Crippen molar-refractivity contribution < 1.29 is 9.66 Å². The Morgan fingerprint density at radius 3 is 2.80 bits per heavy atom. The zero-order valence-electron chi connectivity index (χ0n) is 11.8. The molecular formula is C14H21ClN2O3. The van der Waals surface area contributed by atoms with Gasteiger partial charge in [0.1, 0.15) is 0 Å². The quantitative estimate of drug-likeness (QED) is 0.671. The summed E-state index contributed by atoms with van der Waals surface area (Å²) in [5, 5.41) is 14.5. The fourth-order valence-corrected chi connectivity index (χ4v) is 2.60. The lowest BCUT2D eigenvalue weighted by Gasteiger charge is -2.25. The van der Waals surface area contributed by atoms with Crippen LogP contribution < -0.4 is 10.1 Å². The third kappa shape index (κ3) is 3.61. The maximum Gasteiger partial charge on any atom is 0.311 e. The van der Waals surface area contributed by atoms with E-state index in [2.05, 4.69) is 12.2 Å². The van der Waals surface area contributed by atoms with Crippen molar-refractivity contribution in [1.82, 2.24) is 5.32 Å². The number of nitro groups is 1. The number of nitrogens with zero attached hydrogens (tertiary/aromatic N) is 1. The van der Waals surface area contributed by atoms with Gasteiger partial charge in [0.25, 0.3) is 0 Å². The number of rotatable bonds is 5. The SMILES string of the molecule is CCCN[C@@H]1CCc2cc(OC)c([N+](=O)[O-])cc2C1.Cl. The summed E-state index contributed by atoms with van der Waals surface area (Å²) < 4.78 is 5.11. The Bertz CT molecular complexity index is 480. The van der Waals surface area contributed by atoms with Gasteiger partial charge in [-0.3, -0.25) is 10.1 Å². The largest absolute Gasteiger partial charge is 0.490 e. The van der Waals surface area contributed by atoms with Crippen LogP contribution in [0.2, 0.25) is 0 Å². The number of nitrogens with one attached hydrogen (secondary N) is 1. The van der Waals surface area contributed by atoms with Crippen LogP contribution in [0.1, 0.15) is 30.9 Å². The molecule has 1 atom stereocenters. The number of fused-ring (bicyclic) bond motifs is 1. The van der Waals surface area contributed by atoms with E-state index < -0.39 is 0 Å². The smallest absolute Gasteiger partial charge is 0.311 e. The van der Waals surface area contributed by atoms with Crippen molar-refractivity contribution in [2.75, 3.05) is 13.7 Å². The number of hydrogen-bond acceptors (Lipinski definition) is 4. The summed E-state index contributed by atoms with van der Waals surface area (Å²) in [6, 6.07) is 3.93. The van der Waals surface area contributed by atoms with Crippen LogP contribution in [0.15, 0.2) is 12.1 Å². The summed E-state index contributed by atoms with van der Waals surface area (Å²) in [5.41, 5.74) is 2.32. The fourth-order valence-electron chi connectivity index (χ4n) is 2.60. The van der Waals surface area contributed by atoms with Crippen LogP contribution in [0.25, 0.3) is 0 Å². The van der Waals surface area contributed by atoms with E-state index in [-0.39, 0.29) is 23.0 Å². The summed E-state index contributed by atoms with van der Waals surface area (Å²) in [7, 11) is 1.48. The second-order valence-corrected chi connectivity index (χ2v) is 4.94. The number of aryl methyl sites for hydroxylation is 1. The Balaban J connectivity index is 0.00000200. The number of hydrogen-bond donors (Lipinski definition) is 1. The van der Waals surface area contributed by atoms with E-state index in [9.17, 15) is 10.1 Å². The van der Waals surface area contributed by atoms with Crippen LogP contribution in [0.4, 0.5) is 5.69 Å². The minimum Gasteiger partial charge on any atom is -0.490 e. The number of halogens is 1. The first-order chi connectivity index (χ1) is 9.15. The molecule has 0 heterocycles. The van der Waals surface area contributed by atoms with Gasteiger partial charge < -0.3 is 10.1 Å². The third-order valence-electron chi connectivity index (χ3n) is 3.61. The summed E-state index contributed by atoms with van der Waals surface area (Å²) in [6.45, 7) is 3.14. The van der Waals surface area contributed by atoms with Gasteiger partial charge in [0.2, 0.25) is 0 Å². The molecule has 0 saturated heterocycles. The van der Waals surface area contributed by atoms with E-state index in [1.54, 1.807) is 6.07 Å². The molecule has 6 heteroatoms. The molecular weight excluding hydrogens is 280 g/mol. The van der Waals surface area contributed by atoms with Crippen molar-refractivity contribution in [3.8, 4) is 5.75 Å². The number of nitro benzene ring substituents is 1. The summed E-state index contributed by atoms with van der Waals surface area (Å²) in [4.78, 5) is 10.7. The maximum absolute atomic E-state index is 11.0. The van der Waals surface area contributed by atoms with E-state index in [4.69, 9.17) is 4.74 Å². The zero-order valence-corrected chi connectivity index (χ0v) is 12.7. The fraction of sp³-hybridized carbons (Fsp3) is 0.571. The lowest BCUT2D eigenvalue weighted by atomic mass is 9.87. The van der Waals surface area contributed by atoms with Gasteiger partial charge in [-0.1, -0.05) is 6.92 Å².